The lowest BCUT2D eigenvalue weighted by Crippen LogP contribution is -2.06. The fraction of sp³-hybridized carbons (Fsp3) is 0.188. The van der Waals surface area contributed by atoms with Crippen molar-refractivity contribution in [2.24, 2.45) is 0 Å². The van der Waals surface area contributed by atoms with Gasteiger partial charge in [-0.1, -0.05) is 33.6 Å². The third kappa shape index (κ3) is 3.51. The van der Waals surface area contributed by atoms with Crippen LogP contribution in [0.1, 0.15) is 27.0 Å². The fourth-order valence-electron chi connectivity index (χ4n) is 2.03. The van der Waals surface area contributed by atoms with Gasteiger partial charge in [0.25, 0.3) is 0 Å². The number of carbonyl (C=O) groups is 1. The number of hydrogen-bond donors (Lipinski definition) is 0. The molecule has 0 amide bonds. The lowest BCUT2D eigenvalue weighted by atomic mass is 9.97. The molecule has 2 aromatic carbocycles. The predicted octanol–water partition coefficient (Wildman–Crippen LogP) is 4.63. The van der Waals surface area contributed by atoms with Crippen LogP contribution in [0.3, 0.4) is 0 Å². The van der Waals surface area contributed by atoms with E-state index < -0.39 is 0 Å². The van der Waals surface area contributed by atoms with Crippen molar-refractivity contribution in [3.8, 4) is 0 Å². The van der Waals surface area contributed by atoms with Gasteiger partial charge >= 0.3 is 0 Å². The van der Waals surface area contributed by atoms with Crippen LogP contribution < -0.4 is 0 Å². The number of ketones is 1. The van der Waals surface area contributed by atoms with Gasteiger partial charge in [-0.2, -0.15) is 0 Å². The second-order valence-electron chi connectivity index (χ2n) is 4.70. The summed E-state index contributed by atoms with van der Waals surface area (Å²) in [6, 6.07) is 10.3. The molecule has 1 nitrogen and oxygen atoms in total. The molecule has 98 valence electrons. The van der Waals surface area contributed by atoms with Crippen LogP contribution in [-0.2, 0) is 6.42 Å². The molecular formula is C16H14BrFO. The highest BCUT2D eigenvalue weighted by atomic mass is 79.9. The van der Waals surface area contributed by atoms with E-state index in [9.17, 15) is 9.18 Å². The minimum absolute atomic E-state index is 0.0127. The molecule has 0 heterocycles. The van der Waals surface area contributed by atoms with Gasteiger partial charge < -0.3 is 0 Å². The second-order valence-corrected chi connectivity index (χ2v) is 5.61. The highest BCUT2D eigenvalue weighted by molar-refractivity contribution is 9.10. The average Bonchev–Trinajstić information content (AvgIpc) is 2.30. The summed E-state index contributed by atoms with van der Waals surface area (Å²) in [5.41, 5.74) is 3.39. The lowest BCUT2D eigenvalue weighted by Gasteiger charge is -2.07. The number of aryl methyl sites for hydroxylation is 2. The minimum Gasteiger partial charge on any atom is -0.294 e. The van der Waals surface area contributed by atoms with E-state index in [-0.39, 0.29) is 18.0 Å². The first-order chi connectivity index (χ1) is 8.95. The van der Waals surface area contributed by atoms with Crippen molar-refractivity contribution in [1.82, 2.24) is 0 Å². The van der Waals surface area contributed by atoms with Crippen LogP contribution in [0, 0.1) is 19.7 Å². The van der Waals surface area contributed by atoms with E-state index in [1.165, 1.54) is 12.1 Å². The Balaban J connectivity index is 2.28. The first-order valence-corrected chi connectivity index (χ1v) is 6.80. The molecule has 0 aliphatic heterocycles. The zero-order valence-electron chi connectivity index (χ0n) is 10.8. The van der Waals surface area contributed by atoms with Gasteiger partial charge in [-0.15, -0.1) is 0 Å². The zero-order chi connectivity index (χ0) is 14.0. The van der Waals surface area contributed by atoms with Crippen molar-refractivity contribution in [2.75, 3.05) is 0 Å². The van der Waals surface area contributed by atoms with Gasteiger partial charge in [0, 0.05) is 16.5 Å². The molecule has 0 radical (unpaired) electrons. The monoisotopic (exact) mass is 320 g/mol. The van der Waals surface area contributed by atoms with E-state index in [1.807, 2.05) is 32.0 Å². The highest BCUT2D eigenvalue weighted by Crippen LogP contribution is 2.18. The van der Waals surface area contributed by atoms with Gasteiger partial charge in [0.15, 0.2) is 5.78 Å². The summed E-state index contributed by atoms with van der Waals surface area (Å²) >= 11 is 3.23. The molecule has 0 N–H and O–H groups in total. The van der Waals surface area contributed by atoms with Crippen LogP contribution in [0.2, 0.25) is 0 Å². The van der Waals surface area contributed by atoms with Crippen molar-refractivity contribution in [1.29, 1.82) is 0 Å². The van der Waals surface area contributed by atoms with Gasteiger partial charge in [0.2, 0.25) is 0 Å². The molecule has 0 atom stereocenters. The minimum atomic E-state index is -0.335. The number of benzene rings is 2. The Morgan fingerprint density at radius 3 is 2.58 bits per heavy atom. The smallest absolute Gasteiger partial charge is 0.167 e. The van der Waals surface area contributed by atoms with Crippen LogP contribution in [0.25, 0.3) is 0 Å². The summed E-state index contributed by atoms with van der Waals surface area (Å²) in [5, 5.41) is 0. The van der Waals surface area contributed by atoms with Crippen molar-refractivity contribution >= 4 is 21.7 Å². The second kappa shape index (κ2) is 5.66. The third-order valence-electron chi connectivity index (χ3n) is 2.98. The Bertz CT molecular complexity index is 614. The van der Waals surface area contributed by atoms with Crippen molar-refractivity contribution in [2.45, 2.75) is 20.3 Å². The van der Waals surface area contributed by atoms with Gasteiger partial charge in [-0.3, -0.25) is 4.79 Å². The van der Waals surface area contributed by atoms with Crippen molar-refractivity contribution in [3.63, 3.8) is 0 Å². The van der Waals surface area contributed by atoms with Crippen molar-refractivity contribution < 1.29 is 9.18 Å². The number of Topliss-reactive ketones (excluding diaryl/α,β-unsaturated/α-hetero) is 1. The van der Waals surface area contributed by atoms with E-state index in [2.05, 4.69) is 15.9 Å². The van der Waals surface area contributed by atoms with E-state index in [4.69, 9.17) is 0 Å². The number of hydrogen-bond acceptors (Lipinski definition) is 1. The quantitative estimate of drug-likeness (QED) is 0.753. The molecule has 0 fully saturated rings. The summed E-state index contributed by atoms with van der Waals surface area (Å²) < 4.78 is 13.9. The Labute approximate surface area is 120 Å². The summed E-state index contributed by atoms with van der Waals surface area (Å²) in [5.74, 6) is -0.322. The standard InChI is InChI=1S/C16H14BrFO/c1-10-3-4-11(2)15(5-10)16(19)8-12-6-13(17)9-14(18)7-12/h3-7,9H,8H2,1-2H3. The lowest BCUT2D eigenvalue weighted by molar-refractivity contribution is 0.0992. The molecule has 0 bridgehead atoms. The SMILES string of the molecule is Cc1ccc(C)c(C(=O)Cc2cc(F)cc(Br)c2)c1. The molecule has 0 aliphatic carbocycles. The van der Waals surface area contributed by atoms with E-state index in [1.54, 1.807) is 6.07 Å². The van der Waals surface area contributed by atoms with E-state index >= 15 is 0 Å². The molecule has 0 aliphatic rings. The Hall–Kier alpha value is -1.48. The Morgan fingerprint density at radius 1 is 1.16 bits per heavy atom. The molecule has 0 spiro atoms. The largest absolute Gasteiger partial charge is 0.294 e. The van der Waals surface area contributed by atoms with Gasteiger partial charge in [-0.05, 0) is 49.2 Å². The number of rotatable bonds is 3. The van der Waals surface area contributed by atoms with E-state index in [0.717, 1.165) is 11.1 Å². The van der Waals surface area contributed by atoms with Gasteiger partial charge in [0.05, 0.1) is 0 Å². The molecule has 2 aromatic rings. The van der Waals surface area contributed by atoms with Crippen LogP contribution in [0.5, 0.6) is 0 Å². The normalized spacial score (nSPS) is 10.5. The first kappa shape index (κ1) is 13.9. The summed E-state index contributed by atoms with van der Waals surface area (Å²) in [7, 11) is 0. The zero-order valence-corrected chi connectivity index (χ0v) is 12.4. The maximum atomic E-state index is 13.3. The molecule has 0 unspecified atom stereocenters. The molecule has 0 aromatic heterocycles. The van der Waals surface area contributed by atoms with Crippen LogP contribution in [0.4, 0.5) is 4.39 Å². The highest BCUT2D eigenvalue weighted by Gasteiger charge is 2.11. The predicted molar refractivity (Wildman–Crippen MR) is 78.1 cm³/mol. The fourth-order valence-corrected chi connectivity index (χ4v) is 2.54. The number of halogens is 2. The van der Waals surface area contributed by atoms with Crippen LogP contribution in [-0.4, -0.2) is 5.78 Å². The van der Waals surface area contributed by atoms with Gasteiger partial charge in [-0.25, -0.2) is 4.39 Å². The molecule has 3 heteroatoms. The molecule has 0 saturated carbocycles. The Kier molecular flexibility index (Phi) is 4.15. The topological polar surface area (TPSA) is 17.1 Å². The maximum absolute atomic E-state index is 13.3. The van der Waals surface area contributed by atoms with E-state index in [0.29, 0.717) is 15.6 Å². The third-order valence-corrected chi connectivity index (χ3v) is 3.44. The van der Waals surface area contributed by atoms with Crippen LogP contribution >= 0.6 is 15.9 Å². The molecular weight excluding hydrogens is 307 g/mol. The number of carbonyl (C=O) groups excluding carboxylic acids is 1. The first-order valence-electron chi connectivity index (χ1n) is 6.01. The molecule has 19 heavy (non-hydrogen) atoms. The van der Waals surface area contributed by atoms with Crippen molar-refractivity contribution in [3.05, 3.63) is 68.9 Å². The average molecular weight is 321 g/mol. The Morgan fingerprint density at radius 2 is 1.89 bits per heavy atom. The maximum Gasteiger partial charge on any atom is 0.167 e. The van der Waals surface area contributed by atoms with Crippen LogP contribution in [0.15, 0.2) is 40.9 Å². The molecule has 0 saturated heterocycles. The summed E-state index contributed by atoms with van der Waals surface area (Å²) in [6.45, 7) is 3.86. The molecule has 2 rings (SSSR count). The summed E-state index contributed by atoms with van der Waals surface area (Å²) in [4.78, 5) is 12.3. The van der Waals surface area contributed by atoms with Gasteiger partial charge in [0.1, 0.15) is 5.82 Å². The summed E-state index contributed by atoms with van der Waals surface area (Å²) in [6.07, 6.45) is 0.209.